The molecule has 0 aliphatic rings. The first-order valence-electron chi connectivity index (χ1n) is 4.76. The van der Waals surface area contributed by atoms with Crippen LogP contribution in [0.3, 0.4) is 0 Å². The number of ether oxygens (including phenoxy) is 1. The summed E-state index contributed by atoms with van der Waals surface area (Å²) in [6, 6.07) is 3.88. The number of anilines is 1. The fourth-order valence-corrected chi connectivity index (χ4v) is 1.28. The molecule has 0 saturated heterocycles. The quantitative estimate of drug-likeness (QED) is 0.361. The molecule has 0 aromatic heterocycles. The minimum Gasteiger partial charge on any atom is -0.462 e. The number of hydrogen-bond acceptors (Lipinski definition) is 5. The smallest absolute Gasteiger partial charge is 0.340 e. The Hall–Kier alpha value is -2.44. The molecular formula is C10H10N2O5. The zero-order valence-corrected chi connectivity index (χ0v) is 9.00. The lowest BCUT2D eigenvalue weighted by Gasteiger charge is -2.07. The molecule has 0 saturated carbocycles. The van der Waals surface area contributed by atoms with Crippen molar-refractivity contribution in [2.24, 2.45) is 0 Å². The molecule has 0 atom stereocenters. The third-order valence-electron chi connectivity index (χ3n) is 1.94. The molecule has 1 aromatic carbocycles. The molecule has 1 N–H and O–H groups in total. The van der Waals surface area contributed by atoms with Gasteiger partial charge < -0.3 is 10.1 Å². The highest BCUT2D eigenvalue weighted by molar-refractivity contribution is 6.00. The number of para-hydroxylation sites is 1. The standard InChI is InChI=1S/C10H10N2O5/c1-2-17-10(14)7-4-3-5-8(12(15)16)9(7)11-6-13/h3-6H,2H2,1H3,(H,11,13). The number of nitrogens with zero attached hydrogens (tertiary/aromatic N) is 1. The topological polar surface area (TPSA) is 98.5 Å². The van der Waals surface area contributed by atoms with Gasteiger partial charge in [-0.3, -0.25) is 14.9 Å². The SMILES string of the molecule is CCOC(=O)c1cccc([N+](=O)[O-])c1NC=O. The van der Waals surface area contributed by atoms with E-state index in [-0.39, 0.29) is 30.0 Å². The van der Waals surface area contributed by atoms with Crippen molar-refractivity contribution in [3.8, 4) is 0 Å². The van der Waals surface area contributed by atoms with E-state index in [4.69, 9.17) is 4.74 Å². The normalized spacial score (nSPS) is 9.47. The second-order valence-electron chi connectivity index (χ2n) is 2.94. The van der Waals surface area contributed by atoms with Crippen LogP contribution in [0.5, 0.6) is 0 Å². The molecule has 0 heterocycles. The summed E-state index contributed by atoms with van der Waals surface area (Å²) in [5.74, 6) is -0.722. The lowest BCUT2D eigenvalue weighted by molar-refractivity contribution is -0.383. The molecule has 90 valence electrons. The van der Waals surface area contributed by atoms with Gasteiger partial charge >= 0.3 is 5.97 Å². The van der Waals surface area contributed by atoms with Crippen molar-refractivity contribution in [1.29, 1.82) is 0 Å². The van der Waals surface area contributed by atoms with Gasteiger partial charge in [-0.05, 0) is 13.0 Å². The van der Waals surface area contributed by atoms with Gasteiger partial charge in [-0.2, -0.15) is 0 Å². The van der Waals surface area contributed by atoms with Crippen LogP contribution in [0.2, 0.25) is 0 Å². The van der Waals surface area contributed by atoms with E-state index in [0.717, 1.165) is 0 Å². The number of nitro benzene ring substituents is 1. The van der Waals surface area contributed by atoms with Gasteiger partial charge in [0.1, 0.15) is 5.69 Å². The monoisotopic (exact) mass is 238 g/mol. The molecule has 0 unspecified atom stereocenters. The Morgan fingerprint density at radius 2 is 2.29 bits per heavy atom. The highest BCUT2D eigenvalue weighted by Crippen LogP contribution is 2.28. The Morgan fingerprint density at radius 1 is 1.59 bits per heavy atom. The molecular weight excluding hydrogens is 228 g/mol. The number of nitro groups is 1. The molecule has 1 rings (SSSR count). The van der Waals surface area contributed by atoms with Gasteiger partial charge in [-0.15, -0.1) is 0 Å². The lowest BCUT2D eigenvalue weighted by Crippen LogP contribution is -2.10. The van der Waals surface area contributed by atoms with E-state index in [2.05, 4.69) is 5.32 Å². The molecule has 0 radical (unpaired) electrons. The second kappa shape index (κ2) is 5.59. The number of amides is 1. The number of hydrogen-bond donors (Lipinski definition) is 1. The maximum Gasteiger partial charge on any atom is 0.340 e. The van der Waals surface area contributed by atoms with Gasteiger partial charge in [0.25, 0.3) is 5.69 Å². The molecule has 7 nitrogen and oxygen atoms in total. The van der Waals surface area contributed by atoms with E-state index in [1.807, 2.05) is 0 Å². The van der Waals surface area contributed by atoms with E-state index >= 15 is 0 Å². The minimum absolute atomic E-state index is 0.0480. The third-order valence-corrected chi connectivity index (χ3v) is 1.94. The predicted molar refractivity (Wildman–Crippen MR) is 58.7 cm³/mol. The molecule has 0 aliphatic carbocycles. The van der Waals surface area contributed by atoms with Crippen molar-refractivity contribution < 1.29 is 19.2 Å². The van der Waals surface area contributed by atoms with Crippen LogP contribution in [-0.2, 0) is 9.53 Å². The first kappa shape index (κ1) is 12.6. The first-order chi connectivity index (χ1) is 8.11. The lowest BCUT2D eigenvalue weighted by atomic mass is 10.1. The van der Waals surface area contributed by atoms with Gasteiger partial charge in [-0.25, -0.2) is 4.79 Å². The number of benzene rings is 1. The fraction of sp³-hybridized carbons (Fsp3) is 0.200. The van der Waals surface area contributed by atoms with Gasteiger partial charge in [0.15, 0.2) is 0 Å². The molecule has 17 heavy (non-hydrogen) atoms. The first-order valence-corrected chi connectivity index (χ1v) is 4.76. The minimum atomic E-state index is -0.722. The molecule has 1 aromatic rings. The van der Waals surface area contributed by atoms with Crippen molar-refractivity contribution in [3.63, 3.8) is 0 Å². The van der Waals surface area contributed by atoms with Crippen molar-refractivity contribution >= 4 is 23.8 Å². The Kier molecular flexibility index (Phi) is 4.15. The molecule has 0 bridgehead atoms. The molecule has 0 spiro atoms. The van der Waals surface area contributed by atoms with Crippen molar-refractivity contribution in [2.45, 2.75) is 6.92 Å². The van der Waals surface area contributed by atoms with Crippen molar-refractivity contribution in [3.05, 3.63) is 33.9 Å². The van der Waals surface area contributed by atoms with Crippen LogP contribution in [-0.4, -0.2) is 23.9 Å². The number of carbonyl (C=O) groups is 2. The maximum atomic E-state index is 11.5. The molecule has 0 aliphatic heterocycles. The van der Waals surface area contributed by atoms with Crippen molar-refractivity contribution in [2.75, 3.05) is 11.9 Å². The fourth-order valence-electron chi connectivity index (χ4n) is 1.28. The van der Waals surface area contributed by atoms with Crippen LogP contribution < -0.4 is 5.32 Å². The van der Waals surface area contributed by atoms with Crippen LogP contribution in [0.1, 0.15) is 17.3 Å². The van der Waals surface area contributed by atoms with Gasteiger partial charge in [-0.1, -0.05) is 6.07 Å². The van der Waals surface area contributed by atoms with Crippen molar-refractivity contribution in [1.82, 2.24) is 0 Å². The molecule has 7 heteroatoms. The third kappa shape index (κ3) is 2.77. The Bertz CT molecular complexity index is 458. The van der Waals surface area contributed by atoms with E-state index in [0.29, 0.717) is 0 Å². The summed E-state index contributed by atoms with van der Waals surface area (Å²) in [6.07, 6.45) is 0.269. The highest BCUT2D eigenvalue weighted by atomic mass is 16.6. The Labute approximate surface area is 96.5 Å². The number of esters is 1. The largest absolute Gasteiger partial charge is 0.462 e. The molecule has 1 amide bonds. The number of nitrogens with one attached hydrogen (secondary N) is 1. The van der Waals surface area contributed by atoms with Gasteiger partial charge in [0.2, 0.25) is 6.41 Å². The summed E-state index contributed by atoms with van der Waals surface area (Å²) in [5.41, 5.74) is -0.568. The summed E-state index contributed by atoms with van der Waals surface area (Å²) in [4.78, 5) is 32.0. The van der Waals surface area contributed by atoms with E-state index in [1.165, 1.54) is 18.2 Å². The summed E-state index contributed by atoms with van der Waals surface area (Å²) in [5, 5.41) is 12.9. The Balaban J connectivity index is 3.28. The van der Waals surface area contributed by atoms with E-state index in [9.17, 15) is 19.7 Å². The zero-order valence-electron chi connectivity index (χ0n) is 9.00. The highest BCUT2D eigenvalue weighted by Gasteiger charge is 2.21. The zero-order chi connectivity index (χ0) is 12.8. The average Bonchev–Trinajstić information content (AvgIpc) is 2.29. The summed E-state index contributed by atoms with van der Waals surface area (Å²) < 4.78 is 4.73. The summed E-state index contributed by atoms with van der Waals surface area (Å²) >= 11 is 0. The Morgan fingerprint density at radius 3 is 2.82 bits per heavy atom. The van der Waals surface area contributed by atoms with E-state index in [1.54, 1.807) is 6.92 Å². The summed E-state index contributed by atoms with van der Waals surface area (Å²) in [7, 11) is 0. The second-order valence-corrected chi connectivity index (χ2v) is 2.94. The van der Waals surface area contributed by atoms with Crippen LogP contribution >= 0.6 is 0 Å². The van der Waals surface area contributed by atoms with Gasteiger partial charge in [0, 0.05) is 6.07 Å². The maximum absolute atomic E-state index is 11.5. The number of rotatable bonds is 5. The van der Waals surface area contributed by atoms with E-state index < -0.39 is 10.9 Å². The van der Waals surface area contributed by atoms with Gasteiger partial charge in [0.05, 0.1) is 17.1 Å². The summed E-state index contributed by atoms with van der Waals surface area (Å²) in [6.45, 7) is 1.75. The van der Waals surface area contributed by atoms with Crippen LogP contribution in [0, 0.1) is 10.1 Å². The van der Waals surface area contributed by atoms with Crippen LogP contribution in [0.4, 0.5) is 11.4 Å². The van der Waals surface area contributed by atoms with Crippen LogP contribution in [0.15, 0.2) is 18.2 Å². The predicted octanol–water partition coefficient (Wildman–Crippen LogP) is 1.34. The average molecular weight is 238 g/mol. The molecule has 0 fully saturated rings. The number of carbonyl (C=O) groups excluding carboxylic acids is 2. The van der Waals surface area contributed by atoms with Crippen LogP contribution in [0.25, 0.3) is 0 Å².